The summed E-state index contributed by atoms with van der Waals surface area (Å²) in [5.41, 5.74) is 3.33. The van der Waals surface area contributed by atoms with Gasteiger partial charge < -0.3 is 10.1 Å². The average Bonchev–Trinajstić information content (AvgIpc) is 3.17. The maximum Gasteiger partial charge on any atom is 0.329 e. The normalized spacial score (nSPS) is 14.3. The fourth-order valence-corrected chi connectivity index (χ4v) is 4.21. The minimum atomic E-state index is -0.490. The molecule has 184 valence electrons. The van der Waals surface area contributed by atoms with Crippen LogP contribution in [0.15, 0.2) is 90.6 Å². The Bertz CT molecular complexity index is 1560. The van der Waals surface area contributed by atoms with Gasteiger partial charge in [-0.2, -0.15) is 0 Å². The van der Waals surface area contributed by atoms with Gasteiger partial charge in [0.2, 0.25) is 0 Å². The number of rotatable bonds is 7. The summed E-state index contributed by atoms with van der Waals surface area (Å²) in [6.07, 6.45) is 1.63. The molecule has 1 fully saturated rings. The van der Waals surface area contributed by atoms with E-state index in [9.17, 15) is 19.7 Å². The van der Waals surface area contributed by atoms with Crippen LogP contribution in [0.5, 0.6) is 5.75 Å². The van der Waals surface area contributed by atoms with Crippen molar-refractivity contribution in [1.29, 1.82) is 0 Å². The van der Waals surface area contributed by atoms with E-state index in [1.54, 1.807) is 24.3 Å². The number of benzene rings is 4. The van der Waals surface area contributed by atoms with E-state index >= 15 is 0 Å². The van der Waals surface area contributed by atoms with Gasteiger partial charge in [-0.15, -0.1) is 0 Å². The molecule has 37 heavy (non-hydrogen) atoms. The minimum absolute atomic E-state index is 0.0186. The average molecular weight is 494 g/mol. The van der Waals surface area contributed by atoms with Crippen molar-refractivity contribution in [2.45, 2.75) is 20.1 Å². The lowest BCUT2D eigenvalue weighted by molar-refractivity contribution is -0.384. The van der Waals surface area contributed by atoms with E-state index in [-0.39, 0.29) is 24.5 Å². The highest BCUT2D eigenvalue weighted by Crippen LogP contribution is 2.32. The van der Waals surface area contributed by atoms with E-state index in [0.717, 1.165) is 21.9 Å². The Balaban J connectivity index is 1.46. The fraction of sp³-hybridized carbons (Fsp3) is 0.103. The Kier molecular flexibility index (Phi) is 6.38. The van der Waals surface area contributed by atoms with Gasteiger partial charge in [0.25, 0.3) is 11.6 Å². The molecule has 1 aliphatic heterocycles. The number of nitrogens with one attached hydrogen (secondary N) is 1. The zero-order valence-corrected chi connectivity index (χ0v) is 20.0. The predicted octanol–water partition coefficient (Wildman–Crippen LogP) is 5.73. The first-order valence-corrected chi connectivity index (χ1v) is 11.7. The molecule has 1 heterocycles. The number of nitro groups is 1. The van der Waals surface area contributed by atoms with Crippen molar-refractivity contribution < 1.29 is 19.2 Å². The predicted molar refractivity (Wildman–Crippen MR) is 140 cm³/mol. The van der Waals surface area contributed by atoms with Crippen molar-refractivity contribution >= 4 is 34.5 Å². The first-order chi connectivity index (χ1) is 17.9. The highest BCUT2D eigenvalue weighted by molar-refractivity contribution is 6.14. The number of ether oxygens (including phenoxy) is 1. The zero-order chi connectivity index (χ0) is 25.9. The molecule has 1 saturated heterocycles. The largest absolute Gasteiger partial charge is 0.488 e. The van der Waals surface area contributed by atoms with Crippen LogP contribution < -0.4 is 10.1 Å². The molecule has 4 aromatic rings. The number of fused-ring (bicyclic) bond motifs is 1. The quantitative estimate of drug-likeness (QED) is 0.153. The number of hydrogen-bond acceptors (Lipinski definition) is 5. The van der Waals surface area contributed by atoms with Crippen LogP contribution in [0.25, 0.3) is 16.8 Å². The Morgan fingerprint density at radius 3 is 2.51 bits per heavy atom. The van der Waals surface area contributed by atoms with E-state index in [0.29, 0.717) is 16.9 Å². The number of nitro benzene ring substituents is 1. The molecule has 0 atom stereocenters. The van der Waals surface area contributed by atoms with Gasteiger partial charge in [-0.05, 0) is 41.0 Å². The van der Waals surface area contributed by atoms with E-state index in [2.05, 4.69) is 5.32 Å². The number of hydrogen-bond donors (Lipinski definition) is 1. The summed E-state index contributed by atoms with van der Waals surface area (Å²) >= 11 is 0. The van der Waals surface area contributed by atoms with Crippen molar-refractivity contribution in [2.75, 3.05) is 0 Å². The molecule has 0 unspecified atom stereocenters. The van der Waals surface area contributed by atoms with Gasteiger partial charge in [0.15, 0.2) is 0 Å². The molecule has 8 heteroatoms. The smallest absolute Gasteiger partial charge is 0.329 e. The van der Waals surface area contributed by atoms with Crippen molar-refractivity contribution in [1.82, 2.24) is 10.2 Å². The minimum Gasteiger partial charge on any atom is -0.488 e. The van der Waals surface area contributed by atoms with Crippen LogP contribution in [0.4, 0.5) is 10.5 Å². The van der Waals surface area contributed by atoms with Gasteiger partial charge in [-0.1, -0.05) is 72.3 Å². The van der Waals surface area contributed by atoms with E-state index in [4.69, 9.17) is 4.74 Å². The molecule has 0 aromatic heterocycles. The van der Waals surface area contributed by atoms with Gasteiger partial charge in [0.1, 0.15) is 18.1 Å². The van der Waals surface area contributed by atoms with Gasteiger partial charge >= 0.3 is 6.03 Å². The molecule has 1 aliphatic rings. The highest BCUT2D eigenvalue weighted by atomic mass is 16.6. The van der Waals surface area contributed by atoms with Crippen LogP contribution in [0.3, 0.4) is 0 Å². The highest BCUT2D eigenvalue weighted by Gasteiger charge is 2.33. The van der Waals surface area contributed by atoms with E-state index in [1.807, 2.05) is 61.5 Å². The Hall–Kier alpha value is -4.98. The van der Waals surface area contributed by atoms with Crippen LogP contribution in [-0.2, 0) is 17.9 Å². The van der Waals surface area contributed by atoms with Gasteiger partial charge in [-0.25, -0.2) is 4.79 Å². The molecule has 3 amide bonds. The second-order valence-corrected chi connectivity index (χ2v) is 8.78. The Morgan fingerprint density at radius 2 is 1.73 bits per heavy atom. The zero-order valence-electron chi connectivity index (χ0n) is 20.0. The van der Waals surface area contributed by atoms with E-state index in [1.165, 1.54) is 17.0 Å². The summed E-state index contributed by atoms with van der Waals surface area (Å²) in [7, 11) is 0. The summed E-state index contributed by atoms with van der Waals surface area (Å²) in [4.78, 5) is 37.7. The molecule has 1 N–H and O–H groups in total. The maximum absolute atomic E-state index is 13.2. The lowest BCUT2D eigenvalue weighted by Crippen LogP contribution is -2.30. The van der Waals surface area contributed by atoms with Crippen molar-refractivity contribution in [3.05, 3.63) is 123 Å². The number of carbonyl (C=O) groups excluding carboxylic acids is 2. The van der Waals surface area contributed by atoms with Crippen molar-refractivity contribution in [2.24, 2.45) is 0 Å². The van der Waals surface area contributed by atoms with Crippen molar-refractivity contribution in [3.8, 4) is 5.75 Å². The van der Waals surface area contributed by atoms with Gasteiger partial charge in [0, 0.05) is 17.7 Å². The second kappa shape index (κ2) is 9.94. The SMILES string of the molecule is Cc1ccc(CN2C(=O)N/C(=C/c3c(OCc4cccc([N+](=O)[O-])c4)ccc4ccccc34)C2=O)cc1. The molecule has 0 bridgehead atoms. The standard InChI is InChI=1S/C29H23N3O5/c1-19-9-11-20(12-10-19)17-31-28(33)26(30-29(31)34)16-25-24-8-3-2-6-22(24)13-14-27(25)37-18-21-5-4-7-23(15-21)32(35)36/h2-16H,17-18H2,1H3,(H,30,34)/b26-16+. The van der Waals surface area contributed by atoms with Gasteiger partial charge in [0.05, 0.1) is 11.5 Å². The van der Waals surface area contributed by atoms with Gasteiger partial charge in [-0.3, -0.25) is 19.8 Å². The monoisotopic (exact) mass is 493 g/mol. The summed E-state index contributed by atoms with van der Waals surface area (Å²) in [6.45, 7) is 2.23. The number of carbonyl (C=O) groups is 2. The molecule has 0 radical (unpaired) electrons. The summed E-state index contributed by atoms with van der Waals surface area (Å²) < 4.78 is 6.07. The summed E-state index contributed by atoms with van der Waals surface area (Å²) in [5.74, 6) is 0.0554. The maximum atomic E-state index is 13.2. The summed E-state index contributed by atoms with van der Waals surface area (Å²) in [6, 6.07) is 24.7. The molecule has 0 saturated carbocycles. The number of non-ortho nitro benzene ring substituents is 1. The van der Waals surface area contributed by atoms with Crippen LogP contribution in [0, 0.1) is 17.0 Å². The van der Waals surface area contributed by atoms with Crippen LogP contribution >= 0.6 is 0 Å². The Labute approximate surface area is 212 Å². The number of aryl methyl sites for hydroxylation is 1. The first-order valence-electron chi connectivity index (χ1n) is 11.7. The number of urea groups is 1. The van der Waals surface area contributed by atoms with E-state index < -0.39 is 16.9 Å². The molecule has 8 nitrogen and oxygen atoms in total. The molecule has 4 aromatic carbocycles. The molecular formula is C29H23N3O5. The number of nitrogens with zero attached hydrogens (tertiary/aromatic N) is 2. The van der Waals surface area contributed by atoms with Crippen LogP contribution in [-0.4, -0.2) is 21.8 Å². The Morgan fingerprint density at radius 1 is 0.946 bits per heavy atom. The topological polar surface area (TPSA) is 102 Å². The summed E-state index contributed by atoms with van der Waals surface area (Å²) in [5, 5.41) is 15.6. The molecule has 0 spiro atoms. The third kappa shape index (κ3) is 5.04. The fourth-order valence-electron chi connectivity index (χ4n) is 4.21. The van der Waals surface area contributed by atoms with Crippen LogP contribution in [0.1, 0.15) is 22.3 Å². The third-order valence-corrected chi connectivity index (χ3v) is 6.16. The molecule has 0 aliphatic carbocycles. The molecular weight excluding hydrogens is 470 g/mol. The second-order valence-electron chi connectivity index (χ2n) is 8.78. The number of amides is 3. The third-order valence-electron chi connectivity index (χ3n) is 6.16. The van der Waals surface area contributed by atoms with Crippen molar-refractivity contribution in [3.63, 3.8) is 0 Å². The lowest BCUT2D eigenvalue weighted by atomic mass is 10.0. The first kappa shape index (κ1) is 23.7. The lowest BCUT2D eigenvalue weighted by Gasteiger charge is -2.13. The molecule has 5 rings (SSSR count). The van der Waals surface area contributed by atoms with Crippen LogP contribution in [0.2, 0.25) is 0 Å². The number of imide groups is 1.